The summed E-state index contributed by atoms with van der Waals surface area (Å²) in [5.74, 6) is 0.162. The molecule has 0 bridgehead atoms. The van der Waals surface area contributed by atoms with Crippen molar-refractivity contribution in [2.45, 2.75) is 26.3 Å². The first-order valence-electron chi connectivity index (χ1n) is 8.45. The molecule has 1 atom stereocenters. The lowest BCUT2D eigenvalue weighted by molar-refractivity contribution is -0.119. The van der Waals surface area contributed by atoms with Gasteiger partial charge in [-0.15, -0.1) is 11.3 Å². The molecule has 5 nitrogen and oxygen atoms in total. The number of benzene rings is 1. The summed E-state index contributed by atoms with van der Waals surface area (Å²) in [5, 5.41) is 10.3. The zero-order valence-electron chi connectivity index (χ0n) is 14.6. The van der Waals surface area contributed by atoms with Crippen molar-refractivity contribution in [3.8, 4) is 0 Å². The topological polar surface area (TPSA) is 70.2 Å². The van der Waals surface area contributed by atoms with Crippen LogP contribution in [0.2, 0.25) is 0 Å². The van der Waals surface area contributed by atoms with E-state index in [1.54, 1.807) is 11.3 Å². The van der Waals surface area contributed by atoms with Gasteiger partial charge >= 0.3 is 6.03 Å². The molecule has 1 heterocycles. The molecule has 3 N–H and O–H groups in total. The van der Waals surface area contributed by atoms with E-state index < -0.39 is 6.03 Å². The fourth-order valence-corrected chi connectivity index (χ4v) is 3.19. The van der Waals surface area contributed by atoms with Crippen molar-refractivity contribution >= 4 is 23.3 Å². The van der Waals surface area contributed by atoms with Crippen molar-refractivity contribution in [2.24, 2.45) is 5.92 Å². The second kappa shape index (κ2) is 9.96. The van der Waals surface area contributed by atoms with Gasteiger partial charge in [0.15, 0.2) is 0 Å². The lowest BCUT2D eigenvalue weighted by Gasteiger charge is -2.18. The number of amides is 3. The summed E-state index contributed by atoms with van der Waals surface area (Å²) in [6, 6.07) is 13.5. The first-order valence-corrected chi connectivity index (χ1v) is 9.33. The fourth-order valence-electron chi connectivity index (χ4n) is 2.37. The molecule has 1 aromatic heterocycles. The third-order valence-corrected chi connectivity index (χ3v) is 4.62. The first kappa shape index (κ1) is 19.1. The molecule has 0 spiro atoms. The van der Waals surface area contributed by atoms with Gasteiger partial charge in [-0.05, 0) is 29.3 Å². The minimum Gasteiger partial charge on any atom is -0.338 e. The molecule has 3 amide bonds. The average Bonchev–Trinajstić information content (AvgIpc) is 3.10. The van der Waals surface area contributed by atoms with E-state index >= 15 is 0 Å². The second-order valence-corrected chi connectivity index (χ2v) is 7.21. The van der Waals surface area contributed by atoms with Crippen molar-refractivity contribution in [3.63, 3.8) is 0 Å². The van der Waals surface area contributed by atoms with Crippen molar-refractivity contribution < 1.29 is 9.59 Å². The maximum Gasteiger partial charge on any atom is 0.321 e. The van der Waals surface area contributed by atoms with Crippen molar-refractivity contribution in [3.05, 3.63) is 58.3 Å². The van der Waals surface area contributed by atoms with Crippen LogP contribution in [0.15, 0.2) is 47.8 Å². The van der Waals surface area contributed by atoms with Crippen molar-refractivity contribution in [1.82, 2.24) is 16.0 Å². The lowest BCUT2D eigenvalue weighted by atomic mass is 10.1. The monoisotopic (exact) mass is 359 g/mol. The van der Waals surface area contributed by atoms with E-state index in [2.05, 4.69) is 29.8 Å². The normalized spacial score (nSPS) is 12.0. The highest BCUT2D eigenvalue weighted by atomic mass is 32.1. The molecule has 0 unspecified atom stereocenters. The number of thiophene rings is 1. The van der Waals surface area contributed by atoms with Crippen LogP contribution in [0.1, 0.15) is 36.8 Å². The standard InChI is InChI=1S/C19H25N3O2S/c1-14(2)10-11-20-19(24)22-17(23)13-21-18(16-9-6-12-25-16)15-7-4-3-5-8-15/h3-9,12,14,18,21H,10-11,13H2,1-2H3,(H2,20,22,23,24)/t18-/m0/s1. The Balaban J connectivity index is 1.86. The molecule has 0 aliphatic heterocycles. The van der Waals surface area contributed by atoms with Gasteiger partial charge in [0, 0.05) is 11.4 Å². The third kappa shape index (κ3) is 6.68. The van der Waals surface area contributed by atoms with Gasteiger partial charge in [0.25, 0.3) is 0 Å². The molecule has 2 aromatic rings. The van der Waals surface area contributed by atoms with E-state index in [-0.39, 0.29) is 18.5 Å². The van der Waals surface area contributed by atoms with Gasteiger partial charge in [-0.3, -0.25) is 15.4 Å². The van der Waals surface area contributed by atoms with Gasteiger partial charge in [0.1, 0.15) is 0 Å². The number of nitrogens with one attached hydrogen (secondary N) is 3. The number of urea groups is 1. The molecule has 1 aromatic carbocycles. The van der Waals surface area contributed by atoms with Gasteiger partial charge in [-0.2, -0.15) is 0 Å². The minimum atomic E-state index is -0.445. The van der Waals surface area contributed by atoms with E-state index in [1.165, 1.54) is 0 Å². The molecule has 0 fully saturated rings. The maximum atomic E-state index is 12.0. The minimum absolute atomic E-state index is 0.0645. The zero-order valence-corrected chi connectivity index (χ0v) is 15.4. The van der Waals surface area contributed by atoms with E-state index in [9.17, 15) is 9.59 Å². The summed E-state index contributed by atoms with van der Waals surface area (Å²) < 4.78 is 0. The lowest BCUT2D eigenvalue weighted by Crippen LogP contribution is -2.44. The zero-order chi connectivity index (χ0) is 18.1. The van der Waals surface area contributed by atoms with E-state index in [4.69, 9.17) is 0 Å². The number of imide groups is 1. The summed E-state index contributed by atoms with van der Waals surface area (Å²) in [5.41, 5.74) is 1.08. The van der Waals surface area contributed by atoms with E-state index in [1.807, 2.05) is 47.8 Å². The molecule has 2 rings (SSSR count). The molecular weight excluding hydrogens is 334 g/mol. The molecule has 134 valence electrons. The SMILES string of the molecule is CC(C)CCNC(=O)NC(=O)CN[C@@H](c1ccccc1)c1cccs1. The predicted octanol–water partition coefficient (Wildman–Crippen LogP) is 3.30. The summed E-state index contributed by atoms with van der Waals surface area (Å²) in [7, 11) is 0. The second-order valence-electron chi connectivity index (χ2n) is 6.23. The molecule has 6 heteroatoms. The van der Waals surface area contributed by atoms with Gasteiger partial charge < -0.3 is 5.32 Å². The average molecular weight is 359 g/mol. The van der Waals surface area contributed by atoms with Crippen molar-refractivity contribution in [1.29, 1.82) is 0 Å². The molecule has 0 aliphatic carbocycles. The fraction of sp³-hybridized carbons (Fsp3) is 0.368. The predicted molar refractivity (Wildman–Crippen MR) is 102 cm³/mol. The Morgan fingerprint density at radius 1 is 1.08 bits per heavy atom. The molecule has 0 saturated heterocycles. The van der Waals surface area contributed by atoms with Crippen LogP contribution in [-0.4, -0.2) is 25.0 Å². The molecule has 0 aliphatic rings. The number of rotatable bonds is 8. The number of carbonyl (C=O) groups excluding carboxylic acids is 2. The van der Waals surface area contributed by atoms with E-state index in [0.29, 0.717) is 12.5 Å². The van der Waals surface area contributed by atoms with Crippen molar-refractivity contribution in [2.75, 3.05) is 13.1 Å². The first-order chi connectivity index (χ1) is 12.1. The van der Waals surface area contributed by atoms with Crippen LogP contribution in [0.5, 0.6) is 0 Å². The summed E-state index contributed by atoms with van der Waals surface area (Å²) >= 11 is 1.63. The largest absolute Gasteiger partial charge is 0.338 e. The smallest absolute Gasteiger partial charge is 0.321 e. The molecule has 0 saturated carbocycles. The highest BCUT2D eigenvalue weighted by Gasteiger charge is 2.16. The van der Waals surface area contributed by atoms with Gasteiger partial charge in [0.2, 0.25) is 5.91 Å². The van der Waals surface area contributed by atoms with Crippen LogP contribution in [0, 0.1) is 5.92 Å². The highest BCUT2D eigenvalue weighted by molar-refractivity contribution is 7.10. The van der Waals surface area contributed by atoms with Gasteiger partial charge in [-0.1, -0.05) is 50.2 Å². The van der Waals surface area contributed by atoms with Crippen LogP contribution in [-0.2, 0) is 4.79 Å². The van der Waals surface area contributed by atoms with Crippen LogP contribution in [0.4, 0.5) is 4.79 Å². The molecular formula is C19H25N3O2S. The molecule has 25 heavy (non-hydrogen) atoms. The molecule has 0 radical (unpaired) electrons. The van der Waals surface area contributed by atoms with Gasteiger partial charge in [0.05, 0.1) is 12.6 Å². The summed E-state index contributed by atoms with van der Waals surface area (Å²) in [6.07, 6.45) is 0.883. The highest BCUT2D eigenvalue weighted by Crippen LogP contribution is 2.25. The van der Waals surface area contributed by atoms with E-state index in [0.717, 1.165) is 16.9 Å². The Morgan fingerprint density at radius 2 is 1.84 bits per heavy atom. The Bertz CT molecular complexity index is 657. The van der Waals surface area contributed by atoms with Crippen LogP contribution < -0.4 is 16.0 Å². The number of carbonyl (C=O) groups is 2. The quantitative estimate of drug-likeness (QED) is 0.677. The Morgan fingerprint density at radius 3 is 2.48 bits per heavy atom. The summed E-state index contributed by atoms with van der Waals surface area (Å²) in [4.78, 5) is 24.9. The van der Waals surface area contributed by atoms with Crippen LogP contribution in [0.3, 0.4) is 0 Å². The van der Waals surface area contributed by atoms with Gasteiger partial charge in [-0.25, -0.2) is 4.79 Å². The number of hydrogen-bond donors (Lipinski definition) is 3. The third-order valence-electron chi connectivity index (χ3n) is 3.69. The Labute approximate surface area is 152 Å². The Hall–Kier alpha value is -2.18. The maximum absolute atomic E-state index is 12.0. The Kier molecular flexibility index (Phi) is 7.63. The number of hydrogen-bond acceptors (Lipinski definition) is 4. The van der Waals surface area contributed by atoms with Crippen LogP contribution >= 0.6 is 11.3 Å². The summed E-state index contributed by atoms with van der Waals surface area (Å²) in [6.45, 7) is 4.80. The van der Waals surface area contributed by atoms with Crippen LogP contribution in [0.25, 0.3) is 0 Å².